The number of carbonyl (C=O) groups is 1. The Balaban J connectivity index is 2.82. The number of aromatic nitrogens is 1. The van der Waals surface area contributed by atoms with Crippen LogP contribution in [0.3, 0.4) is 0 Å². The zero-order chi connectivity index (χ0) is 11.0. The van der Waals surface area contributed by atoms with Crippen LogP contribution in [-0.4, -0.2) is 16.6 Å². The number of fused-ring (bicyclic) bond motifs is 1. The Kier molecular flexibility index (Phi) is 2.44. The SMILES string of the molecule is CSc1cn2ccc(C)cc2c1C(N)=O. The highest BCUT2D eigenvalue weighted by atomic mass is 32.2. The minimum atomic E-state index is -0.368. The van der Waals surface area contributed by atoms with Gasteiger partial charge in [-0.3, -0.25) is 4.79 Å². The summed E-state index contributed by atoms with van der Waals surface area (Å²) >= 11 is 1.53. The molecule has 1 amide bonds. The van der Waals surface area contributed by atoms with E-state index >= 15 is 0 Å². The van der Waals surface area contributed by atoms with Crippen LogP contribution in [0, 0.1) is 6.92 Å². The Labute approximate surface area is 92.3 Å². The summed E-state index contributed by atoms with van der Waals surface area (Å²) < 4.78 is 1.93. The number of amides is 1. The quantitative estimate of drug-likeness (QED) is 0.787. The van der Waals surface area contributed by atoms with Crippen LogP contribution in [0.15, 0.2) is 29.4 Å². The molecule has 2 aromatic heterocycles. The minimum absolute atomic E-state index is 0.368. The van der Waals surface area contributed by atoms with Gasteiger partial charge in [-0.25, -0.2) is 0 Å². The van der Waals surface area contributed by atoms with Gasteiger partial charge in [-0.05, 0) is 30.9 Å². The van der Waals surface area contributed by atoms with E-state index in [9.17, 15) is 4.79 Å². The zero-order valence-electron chi connectivity index (χ0n) is 8.65. The molecule has 0 saturated heterocycles. The van der Waals surface area contributed by atoms with Crippen LogP contribution in [0.25, 0.3) is 5.52 Å². The maximum atomic E-state index is 11.4. The number of nitrogens with two attached hydrogens (primary N) is 1. The minimum Gasteiger partial charge on any atom is -0.365 e. The van der Waals surface area contributed by atoms with Crippen LogP contribution in [0.1, 0.15) is 15.9 Å². The smallest absolute Gasteiger partial charge is 0.252 e. The fraction of sp³-hybridized carbons (Fsp3) is 0.182. The van der Waals surface area contributed by atoms with Crippen LogP contribution in [0.4, 0.5) is 0 Å². The predicted molar refractivity (Wildman–Crippen MR) is 62.4 cm³/mol. The number of aryl methyl sites for hydroxylation is 1. The van der Waals surface area contributed by atoms with E-state index in [0.717, 1.165) is 16.0 Å². The first-order valence-electron chi connectivity index (χ1n) is 4.58. The second-order valence-corrected chi connectivity index (χ2v) is 4.28. The van der Waals surface area contributed by atoms with Gasteiger partial charge < -0.3 is 10.1 Å². The molecule has 2 N–H and O–H groups in total. The number of carbonyl (C=O) groups excluding carboxylic acids is 1. The van der Waals surface area contributed by atoms with Crippen molar-refractivity contribution in [2.45, 2.75) is 11.8 Å². The van der Waals surface area contributed by atoms with E-state index in [0.29, 0.717) is 5.56 Å². The van der Waals surface area contributed by atoms with Gasteiger partial charge in [-0.1, -0.05) is 0 Å². The van der Waals surface area contributed by atoms with Gasteiger partial charge in [0.05, 0.1) is 11.1 Å². The molecule has 0 atom stereocenters. The topological polar surface area (TPSA) is 47.5 Å². The maximum absolute atomic E-state index is 11.4. The van der Waals surface area contributed by atoms with Gasteiger partial charge in [0.2, 0.25) is 0 Å². The highest BCUT2D eigenvalue weighted by Crippen LogP contribution is 2.26. The number of nitrogens with zero attached hydrogens (tertiary/aromatic N) is 1. The van der Waals surface area contributed by atoms with Crippen molar-refractivity contribution in [2.75, 3.05) is 6.26 Å². The van der Waals surface area contributed by atoms with Crippen LogP contribution >= 0.6 is 11.8 Å². The van der Waals surface area contributed by atoms with Gasteiger partial charge in [0.15, 0.2) is 0 Å². The number of primary amides is 1. The molecular weight excluding hydrogens is 208 g/mol. The van der Waals surface area contributed by atoms with Crippen molar-refractivity contribution < 1.29 is 4.79 Å². The highest BCUT2D eigenvalue weighted by Gasteiger charge is 2.14. The van der Waals surface area contributed by atoms with E-state index in [1.54, 1.807) is 0 Å². The van der Waals surface area contributed by atoms with Gasteiger partial charge in [0, 0.05) is 17.3 Å². The Morgan fingerprint density at radius 2 is 2.27 bits per heavy atom. The number of pyridine rings is 1. The van der Waals surface area contributed by atoms with Crippen molar-refractivity contribution in [3.63, 3.8) is 0 Å². The summed E-state index contributed by atoms with van der Waals surface area (Å²) in [5, 5.41) is 0. The summed E-state index contributed by atoms with van der Waals surface area (Å²) in [7, 11) is 0. The van der Waals surface area contributed by atoms with Crippen molar-refractivity contribution in [1.82, 2.24) is 4.40 Å². The van der Waals surface area contributed by atoms with Crippen molar-refractivity contribution in [2.24, 2.45) is 5.73 Å². The summed E-state index contributed by atoms with van der Waals surface area (Å²) in [5.41, 5.74) is 8.00. The summed E-state index contributed by atoms with van der Waals surface area (Å²) in [5.74, 6) is -0.368. The predicted octanol–water partition coefficient (Wildman–Crippen LogP) is 2.07. The summed E-state index contributed by atoms with van der Waals surface area (Å²) in [4.78, 5) is 12.3. The standard InChI is InChI=1S/C11H12N2OS/c1-7-3-4-13-6-9(15-2)10(11(12)14)8(13)5-7/h3-6H,1-2H3,(H2,12,14). The van der Waals surface area contributed by atoms with Crippen molar-refractivity contribution in [3.05, 3.63) is 35.7 Å². The molecule has 0 aliphatic heterocycles. The summed E-state index contributed by atoms with van der Waals surface area (Å²) in [6.45, 7) is 2.00. The average molecular weight is 220 g/mol. The van der Waals surface area contributed by atoms with Crippen molar-refractivity contribution in [1.29, 1.82) is 0 Å². The summed E-state index contributed by atoms with van der Waals surface area (Å²) in [6, 6.07) is 3.97. The zero-order valence-corrected chi connectivity index (χ0v) is 9.47. The first-order valence-corrected chi connectivity index (χ1v) is 5.81. The maximum Gasteiger partial charge on any atom is 0.252 e. The monoisotopic (exact) mass is 220 g/mol. The van der Waals surface area contributed by atoms with Gasteiger partial charge in [-0.2, -0.15) is 0 Å². The van der Waals surface area contributed by atoms with Gasteiger partial charge in [-0.15, -0.1) is 11.8 Å². The lowest BCUT2D eigenvalue weighted by Gasteiger charge is -1.98. The second-order valence-electron chi connectivity index (χ2n) is 3.43. The summed E-state index contributed by atoms with van der Waals surface area (Å²) in [6.07, 6.45) is 5.81. The molecule has 0 bridgehead atoms. The van der Waals surface area contributed by atoms with Gasteiger partial charge >= 0.3 is 0 Å². The van der Waals surface area contributed by atoms with Crippen LogP contribution in [0.2, 0.25) is 0 Å². The molecule has 3 nitrogen and oxygen atoms in total. The molecule has 0 saturated carbocycles. The van der Waals surface area contributed by atoms with Crippen molar-refractivity contribution in [3.8, 4) is 0 Å². The molecule has 0 aliphatic rings. The van der Waals surface area contributed by atoms with Gasteiger partial charge in [0.25, 0.3) is 5.91 Å². The largest absolute Gasteiger partial charge is 0.365 e. The Hall–Kier alpha value is -1.42. The molecule has 0 fully saturated rings. The van der Waals surface area contributed by atoms with E-state index in [4.69, 9.17) is 5.73 Å². The molecule has 0 spiro atoms. The fourth-order valence-electron chi connectivity index (χ4n) is 1.65. The van der Waals surface area contributed by atoms with E-state index in [-0.39, 0.29) is 5.91 Å². The highest BCUT2D eigenvalue weighted by molar-refractivity contribution is 7.98. The lowest BCUT2D eigenvalue weighted by molar-refractivity contribution is 0.0999. The molecule has 2 rings (SSSR count). The first kappa shape index (κ1) is 10.1. The van der Waals surface area contributed by atoms with Crippen LogP contribution < -0.4 is 5.73 Å². The van der Waals surface area contributed by atoms with E-state index in [2.05, 4.69) is 0 Å². The van der Waals surface area contributed by atoms with Crippen LogP contribution in [-0.2, 0) is 0 Å². The Morgan fingerprint density at radius 3 is 2.87 bits per heavy atom. The third-order valence-corrected chi connectivity index (χ3v) is 3.12. The fourth-order valence-corrected chi connectivity index (χ4v) is 2.28. The average Bonchev–Trinajstić information content (AvgIpc) is 2.55. The molecule has 2 aromatic rings. The molecule has 15 heavy (non-hydrogen) atoms. The number of rotatable bonds is 2. The molecule has 4 heteroatoms. The molecule has 0 radical (unpaired) electrons. The molecule has 78 valence electrons. The van der Waals surface area contributed by atoms with Crippen LogP contribution in [0.5, 0.6) is 0 Å². The molecule has 0 aromatic carbocycles. The Bertz CT molecular complexity index is 531. The van der Waals surface area contributed by atoms with E-state index < -0.39 is 0 Å². The number of thioether (sulfide) groups is 1. The lowest BCUT2D eigenvalue weighted by Crippen LogP contribution is -2.11. The molecule has 2 heterocycles. The lowest BCUT2D eigenvalue weighted by atomic mass is 10.2. The molecular formula is C11H12N2OS. The third-order valence-electron chi connectivity index (χ3n) is 2.37. The van der Waals surface area contributed by atoms with Crippen molar-refractivity contribution >= 4 is 23.2 Å². The third kappa shape index (κ3) is 1.61. The van der Waals surface area contributed by atoms with Gasteiger partial charge in [0.1, 0.15) is 0 Å². The second kappa shape index (κ2) is 3.62. The molecule has 0 aliphatic carbocycles. The molecule has 0 unspecified atom stereocenters. The van der Waals surface area contributed by atoms with E-state index in [1.807, 2.05) is 42.1 Å². The number of hydrogen-bond donors (Lipinski definition) is 1. The van der Waals surface area contributed by atoms with E-state index in [1.165, 1.54) is 11.8 Å². The Morgan fingerprint density at radius 1 is 1.53 bits per heavy atom. The first-order chi connectivity index (χ1) is 7.13. The normalized spacial score (nSPS) is 10.8. The number of hydrogen-bond acceptors (Lipinski definition) is 2.